The van der Waals surface area contributed by atoms with E-state index in [0.717, 1.165) is 6.07 Å². The molecule has 1 fully saturated rings. The summed E-state index contributed by atoms with van der Waals surface area (Å²) >= 11 is 0. The number of benzene rings is 1. The predicted octanol–water partition coefficient (Wildman–Crippen LogP) is 3.74. The van der Waals surface area contributed by atoms with Crippen LogP contribution in [0.4, 0.5) is 18.9 Å². The SMILES string of the molecule is CCNC(=NCC(O)c1ccco1)N1CCN(c2cccc(C(F)(F)F)c2)CC1.I. The van der Waals surface area contributed by atoms with Crippen LogP contribution in [0.1, 0.15) is 24.4 Å². The monoisotopic (exact) mass is 538 g/mol. The second-order valence-electron chi connectivity index (χ2n) is 6.75. The molecule has 0 radical (unpaired) electrons. The summed E-state index contributed by atoms with van der Waals surface area (Å²) in [5.41, 5.74) is -0.0751. The van der Waals surface area contributed by atoms with Gasteiger partial charge in [0.25, 0.3) is 0 Å². The first kappa shape index (κ1) is 24.3. The molecule has 1 unspecified atom stereocenters. The van der Waals surface area contributed by atoms with Gasteiger partial charge in [-0.05, 0) is 37.3 Å². The fourth-order valence-electron chi connectivity index (χ4n) is 3.22. The molecule has 1 saturated heterocycles. The van der Waals surface area contributed by atoms with Crippen molar-refractivity contribution in [2.45, 2.75) is 19.2 Å². The van der Waals surface area contributed by atoms with E-state index in [4.69, 9.17) is 4.42 Å². The van der Waals surface area contributed by atoms with Crippen molar-refractivity contribution in [3.05, 3.63) is 54.0 Å². The summed E-state index contributed by atoms with van der Waals surface area (Å²) < 4.78 is 44.1. The highest BCUT2D eigenvalue weighted by Gasteiger charge is 2.31. The van der Waals surface area contributed by atoms with Crippen LogP contribution >= 0.6 is 24.0 Å². The highest BCUT2D eigenvalue weighted by Crippen LogP contribution is 2.31. The van der Waals surface area contributed by atoms with Gasteiger partial charge in [0.2, 0.25) is 0 Å². The number of nitrogens with zero attached hydrogens (tertiary/aromatic N) is 3. The van der Waals surface area contributed by atoms with Gasteiger partial charge in [0.15, 0.2) is 5.96 Å². The normalized spacial score (nSPS) is 16.2. The van der Waals surface area contributed by atoms with Crippen molar-refractivity contribution >= 4 is 35.6 Å². The molecule has 1 atom stereocenters. The smallest absolute Gasteiger partial charge is 0.416 e. The van der Waals surface area contributed by atoms with Crippen LogP contribution in [0, 0.1) is 0 Å². The summed E-state index contributed by atoms with van der Waals surface area (Å²) in [6.45, 7) is 5.15. The van der Waals surface area contributed by atoms with E-state index in [-0.39, 0.29) is 30.5 Å². The highest BCUT2D eigenvalue weighted by molar-refractivity contribution is 14.0. The molecule has 0 amide bonds. The molecule has 1 aromatic carbocycles. The molecule has 0 saturated carbocycles. The van der Waals surface area contributed by atoms with Gasteiger partial charge < -0.3 is 24.6 Å². The number of hydrogen-bond donors (Lipinski definition) is 2. The summed E-state index contributed by atoms with van der Waals surface area (Å²) in [6, 6.07) is 8.81. The predicted molar refractivity (Wildman–Crippen MR) is 120 cm³/mol. The van der Waals surface area contributed by atoms with Crippen molar-refractivity contribution < 1.29 is 22.7 Å². The fourth-order valence-corrected chi connectivity index (χ4v) is 3.22. The van der Waals surface area contributed by atoms with E-state index in [1.165, 1.54) is 18.4 Å². The summed E-state index contributed by atoms with van der Waals surface area (Å²) in [4.78, 5) is 8.47. The molecule has 10 heteroatoms. The maximum atomic E-state index is 13.0. The Morgan fingerprint density at radius 2 is 1.93 bits per heavy atom. The zero-order valence-corrected chi connectivity index (χ0v) is 18.9. The Balaban J connectivity index is 0.00000320. The number of nitrogens with one attached hydrogen (secondary N) is 1. The van der Waals surface area contributed by atoms with Gasteiger partial charge in [-0.1, -0.05) is 6.07 Å². The van der Waals surface area contributed by atoms with E-state index in [9.17, 15) is 18.3 Å². The Bertz CT molecular complexity index is 807. The standard InChI is InChI=1S/C20H25F3N4O2.HI/c1-2-24-19(25-14-17(28)18-7-4-12-29-18)27-10-8-26(9-11-27)16-6-3-5-15(13-16)20(21,22)23;/h3-7,12-13,17,28H,2,8-11,14H2,1H3,(H,24,25);1H. The third kappa shape index (κ3) is 6.27. The molecule has 2 heterocycles. The maximum Gasteiger partial charge on any atom is 0.416 e. The van der Waals surface area contributed by atoms with E-state index >= 15 is 0 Å². The number of halogens is 4. The summed E-state index contributed by atoms with van der Waals surface area (Å²) in [6.07, 6.45) is -3.68. The third-order valence-corrected chi connectivity index (χ3v) is 4.74. The van der Waals surface area contributed by atoms with Crippen LogP contribution in [0.15, 0.2) is 52.1 Å². The van der Waals surface area contributed by atoms with Crippen molar-refractivity contribution in [3.8, 4) is 0 Å². The van der Waals surface area contributed by atoms with Gasteiger partial charge in [-0.3, -0.25) is 0 Å². The number of guanidine groups is 1. The molecule has 30 heavy (non-hydrogen) atoms. The van der Waals surface area contributed by atoms with Gasteiger partial charge in [-0.25, -0.2) is 4.99 Å². The lowest BCUT2D eigenvalue weighted by Gasteiger charge is -2.38. The number of rotatable bonds is 5. The first-order chi connectivity index (χ1) is 13.9. The number of aliphatic hydroxyl groups is 1. The van der Waals surface area contributed by atoms with Crippen molar-refractivity contribution in [1.29, 1.82) is 0 Å². The fraction of sp³-hybridized carbons (Fsp3) is 0.450. The largest absolute Gasteiger partial charge is 0.467 e. The van der Waals surface area contributed by atoms with Gasteiger partial charge in [-0.2, -0.15) is 13.2 Å². The average Bonchev–Trinajstić information content (AvgIpc) is 3.25. The Kier molecular flexibility index (Phi) is 8.83. The van der Waals surface area contributed by atoms with Crippen LogP contribution in [0.25, 0.3) is 0 Å². The van der Waals surface area contributed by atoms with Crippen molar-refractivity contribution in [1.82, 2.24) is 10.2 Å². The lowest BCUT2D eigenvalue weighted by molar-refractivity contribution is -0.137. The van der Waals surface area contributed by atoms with E-state index in [2.05, 4.69) is 10.3 Å². The summed E-state index contributed by atoms with van der Waals surface area (Å²) in [5.74, 6) is 1.13. The topological polar surface area (TPSA) is 64.2 Å². The molecule has 0 bridgehead atoms. The van der Waals surface area contributed by atoms with Gasteiger partial charge in [0.05, 0.1) is 18.4 Å². The molecule has 1 aromatic heterocycles. The summed E-state index contributed by atoms with van der Waals surface area (Å²) in [5, 5.41) is 13.4. The minimum Gasteiger partial charge on any atom is -0.467 e. The van der Waals surface area contributed by atoms with Crippen molar-refractivity contribution in [2.24, 2.45) is 4.99 Å². The summed E-state index contributed by atoms with van der Waals surface area (Å²) in [7, 11) is 0. The van der Waals surface area contributed by atoms with Gasteiger partial charge in [-0.15, -0.1) is 24.0 Å². The number of piperazine rings is 1. The van der Waals surface area contributed by atoms with Gasteiger partial charge in [0, 0.05) is 38.4 Å². The number of alkyl halides is 3. The molecule has 0 spiro atoms. The molecule has 166 valence electrons. The molecule has 1 aliphatic rings. The van der Waals surface area contributed by atoms with Gasteiger partial charge in [0.1, 0.15) is 11.9 Å². The van der Waals surface area contributed by atoms with Crippen molar-refractivity contribution in [3.63, 3.8) is 0 Å². The second kappa shape index (κ2) is 10.9. The number of furan rings is 1. The molecule has 2 N–H and O–H groups in total. The zero-order valence-electron chi connectivity index (χ0n) is 16.6. The average molecular weight is 538 g/mol. The first-order valence-electron chi connectivity index (χ1n) is 9.55. The zero-order chi connectivity index (χ0) is 20.9. The lowest BCUT2D eigenvalue weighted by atomic mass is 10.1. The quantitative estimate of drug-likeness (QED) is 0.345. The lowest BCUT2D eigenvalue weighted by Crippen LogP contribution is -2.52. The number of aliphatic hydroxyl groups excluding tert-OH is 1. The van der Waals surface area contributed by atoms with Crippen LogP contribution in [0.3, 0.4) is 0 Å². The molecule has 2 aromatic rings. The van der Waals surface area contributed by atoms with E-state index in [1.54, 1.807) is 18.2 Å². The minimum atomic E-state index is -4.35. The minimum absolute atomic E-state index is 0. The van der Waals surface area contributed by atoms with E-state index in [0.29, 0.717) is 50.1 Å². The Hall–Kier alpha value is -1.95. The Labute approximate surface area is 190 Å². The van der Waals surface area contributed by atoms with Gasteiger partial charge >= 0.3 is 6.18 Å². The first-order valence-corrected chi connectivity index (χ1v) is 9.55. The number of anilines is 1. The van der Waals surface area contributed by atoms with Crippen LogP contribution < -0.4 is 10.2 Å². The Morgan fingerprint density at radius 1 is 1.20 bits per heavy atom. The van der Waals surface area contributed by atoms with E-state index < -0.39 is 17.8 Å². The Morgan fingerprint density at radius 3 is 2.53 bits per heavy atom. The molecule has 0 aliphatic carbocycles. The van der Waals surface area contributed by atoms with Crippen LogP contribution in [0.2, 0.25) is 0 Å². The molecule has 1 aliphatic heterocycles. The third-order valence-electron chi connectivity index (χ3n) is 4.74. The molecular formula is C20H26F3IN4O2. The molecule has 6 nitrogen and oxygen atoms in total. The van der Waals surface area contributed by atoms with Crippen LogP contribution in [0.5, 0.6) is 0 Å². The number of hydrogen-bond acceptors (Lipinski definition) is 4. The maximum absolute atomic E-state index is 13.0. The van der Waals surface area contributed by atoms with Crippen molar-refractivity contribution in [2.75, 3.05) is 44.2 Å². The van der Waals surface area contributed by atoms with Crippen LogP contribution in [-0.4, -0.2) is 55.2 Å². The van der Waals surface area contributed by atoms with E-state index in [1.807, 2.05) is 16.7 Å². The molecule has 3 rings (SSSR count). The number of aliphatic imine (C=N–C) groups is 1. The molecular weight excluding hydrogens is 512 g/mol. The van der Waals surface area contributed by atoms with Crippen LogP contribution in [-0.2, 0) is 6.18 Å². The highest BCUT2D eigenvalue weighted by atomic mass is 127. The second-order valence-corrected chi connectivity index (χ2v) is 6.75.